The number of urea groups is 1. The van der Waals surface area contributed by atoms with Gasteiger partial charge in [-0.3, -0.25) is 24.0 Å². The average Bonchev–Trinajstić information content (AvgIpc) is 2.98. The molecule has 0 saturated carbocycles. The number of pyridine rings is 1. The number of carbonyl (C=O) groups is 6. The number of alkyl halides is 3. The van der Waals surface area contributed by atoms with Gasteiger partial charge in [0.1, 0.15) is 52.2 Å². The first-order valence-corrected chi connectivity index (χ1v) is 28.2. The molecule has 0 spiro atoms. The van der Waals surface area contributed by atoms with Crippen LogP contribution in [0.1, 0.15) is 75.4 Å². The Morgan fingerprint density at radius 1 is 0.598 bits per heavy atom. The van der Waals surface area contributed by atoms with Crippen LogP contribution in [0.3, 0.4) is 0 Å². The van der Waals surface area contributed by atoms with Gasteiger partial charge in [0.2, 0.25) is 11.8 Å². The molecule has 2 aromatic heterocycles. The lowest BCUT2D eigenvalue weighted by Crippen LogP contribution is -2.44. The number of anilines is 3. The lowest BCUT2D eigenvalue weighted by Gasteiger charge is -2.32. The molecular formula is C59H63Cl2F5N12O9. The molecule has 3 aliphatic rings. The molecule has 0 aliphatic carbocycles. The normalized spacial score (nSPS) is 14.6. The van der Waals surface area contributed by atoms with E-state index in [0.717, 1.165) is 25.0 Å². The lowest BCUT2D eigenvalue weighted by atomic mass is 10.1. The van der Waals surface area contributed by atoms with Gasteiger partial charge in [0.15, 0.2) is 17.2 Å². The smallest absolute Gasteiger partial charge is 0.419 e. The van der Waals surface area contributed by atoms with Gasteiger partial charge in [-0.1, -0.05) is 53.5 Å². The molecule has 3 saturated heterocycles. The number of hydrogen-bond donors (Lipinski definition) is 6. The number of likely N-dealkylation sites (tertiary alicyclic amines) is 3. The molecule has 0 bridgehead atoms. The molecule has 21 nitrogen and oxygen atoms in total. The summed E-state index contributed by atoms with van der Waals surface area (Å²) in [5, 5.41) is 13.9. The van der Waals surface area contributed by atoms with Crippen molar-refractivity contribution >= 4 is 76.0 Å². The van der Waals surface area contributed by atoms with E-state index in [9.17, 15) is 50.7 Å². The number of rotatable bonds is 16. The lowest BCUT2D eigenvalue weighted by molar-refractivity contribution is -0.139. The van der Waals surface area contributed by atoms with Crippen LogP contribution in [-0.4, -0.2) is 150 Å². The van der Waals surface area contributed by atoms with E-state index in [1.165, 1.54) is 43.8 Å². The average molecular weight is 1250 g/mol. The number of nitrogens with one attached hydrogen (secondary N) is 5. The van der Waals surface area contributed by atoms with Crippen molar-refractivity contribution in [1.29, 1.82) is 0 Å². The van der Waals surface area contributed by atoms with Gasteiger partial charge in [-0.2, -0.15) is 13.2 Å². The van der Waals surface area contributed by atoms with Crippen LogP contribution in [0.4, 0.5) is 43.9 Å². The zero-order valence-corrected chi connectivity index (χ0v) is 48.7. The van der Waals surface area contributed by atoms with Crippen LogP contribution in [0.15, 0.2) is 116 Å². The van der Waals surface area contributed by atoms with Crippen LogP contribution in [0.2, 0.25) is 10.0 Å². The Bertz CT molecular complexity index is 3370. The molecule has 9 rings (SSSR count). The van der Waals surface area contributed by atoms with E-state index >= 15 is 0 Å². The van der Waals surface area contributed by atoms with Gasteiger partial charge in [0.25, 0.3) is 17.7 Å². The van der Waals surface area contributed by atoms with E-state index in [-0.39, 0.29) is 82.8 Å². The monoisotopic (exact) mass is 1250 g/mol. The Balaban J connectivity index is 0.000000187. The van der Waals surface area contributed by atoms with Gasteiger partial charge in [-0.15, -0.1) is 0 Å². The Labute approximate surface area is 507 Å². The van der Waals surface area contributed by atoms with Crippen LogP contribution >= 0.6 is 23.2 Å². The number of primary amides is 1. The summed E-state index contributed by atoms with van der Waals surface area (Å²) >= 11 is 12.0. The zero-order valence-electron chi connectivity index (χ0n) is 47.2. The highest BCUT2D eigenvalue weighted by Crippen LogP contribution is 2.37. The molecule has 0 radical (unpaired) electrons. The summed E-state index contributed by atoms with van der Waals surface area (Å²) in [5.41, 5.74) is 6.04. The highest BCUT2D eigenvalue weighted by Gasteiger charge is 2.35. The maximum atomic E-state index is 13.5. The molecule has 0 unspecified atom stereocenters. The highest BCUT2D eigenvalue weighted by molar-refractivity contribution is 6.32. The third kappa shape index (κ3) is 19.0. The highest BCUT2D eigenvalue weighted by atomic mass is 35.5. The molecule has 4 aromatic carbocycles. The first kappa shape index (κ1) is 65.5. The van der Waals surface area contributed by atoms with Crippen molar-refractivity contribution in [2.75, 3.05) is 82.4 Å². The third-order valence-electron chi connectivity index (χ3n) is 13.8. The standard InChI is InChI=1S/C20H22ClN3O3.C20H21F3N4O3.C19H20ClF2N5O3/c1-22-19(25)14-5-4-6-15(13-14)23-20(26)24-11-9-16(10-12-24)27-18-8-3-2-7-17(18)21;21-20(22,23)14-4-1-2-6-16(14)30-13-7-10-27(11-8-13)17(28)12-26-15-5-3-9-25-18(15)19(24)29;1-23-19(29)17-18(25-5-4-24-17)26-10-15(28)27-6-2-12(3-7-27)30-14-9-11(21)8-13(22)16(14)20/h2-8,13,16H,9-12H2,1H3,(H,22,25)(H,23,26);1-6,9,13,26H,7-8,10-12H2,(H2,24,29);4-5,8-9,12H,2-3,6-7,10H2,1H3,(H,23,29)(H,25,26). The van der Waals surface area contributed by atoms with E-state index in [4.69, 9.17) is 43.1 Å². The number of piperidine rings is 3. The van der Waals surface area contributed by atoms with E-state index in [2.05, 4.69) is 41.5 Å². The molecule has 3 aliphatic heterocycles. The topological polar surface area (TPSA) is 265 Å². The van der Waals surface area contributed by atoms with Crippen molar-refractivity contribution in [3.05, 3.63) is 160 Å². The quantitative estimate of drug-likeness (QED) is 0.0391. The minimum Gasteiger partial charge on any atom is -0.490 e. The Kier molecular flexibility index (Phi) is 23.6. The fourth-order valence-electron chi connectivity index (χ4n) is 9.26. The Morgan fingerprint density at radius 2 is 1.14 bits per heavy atom. The van der Waals surface area contributed by atoms with Crippen molar-refractivity contribution in [3.8, 4) is 17.2 Å². The molecular weight excluding hydrogens is 1190 g/mol. The molecule has 7 N–H and O–H groups in total. The Morgan fingerprint density at radius 3 is 1.74 bits per heavy atom. The number of aromatic nitrogens is 3. The number of halogens is 7. The van der Waals surface area contributed by atoms with Crippen molar-refractivity contribution < 1.29 is 64.9 Å². The number of ether oxygens (including phenoxy) is 3. The minimum atomic E-state index is -4.49. The first-order chi connectivity index (χ1) is 41.7. The second-order valence-electron chi connectivity index (χ2n) is 19.7. The summed E-state index contributed by atoms with van der Waals surface area (Å²) in [6, 6.07) is 24.1. The van der Waals surface area contributed by atoms with Crippen LogP contribution in [-0.2, 0) is 15.8 Å². The van der Waals surface area contributed by atoms with Gasteiger partial charge < -0.3 is 61.2 Å². The Hall–Kier alpha value is -9.04. The first-order valence-electron chi connectivity index (χ1n) is 27.5. The molecule has 0 atom stereocenters. The molecule has 5 heterocycles. The fraction of sp³-hybridized carbons (Fsp3) is 0.339. The molecule has 462 valence electrons. The summed E-state index contributed by atoms with van der Waals surface area (Å²) in [7, 11) is 3.05. The number of para-hydroxylation sites is 2. The van der Waals surface area contributed by atoms with Gasteiger partial charge in [-0.05, 0) is 54.6 Å². The summed E-state index contributed by atoms with van der Waals surface area (Å²) in [5.74, 6) is -2.72. The van der Waals surface area contributed by atoms with Crippen molar-refractivity contribution in [2.24, 2.45) is 5.73 Å². The molecule has 7 amide bonds. The van der Waals surface area contributed by atoms with Crippen molar-refractivity contribution in [1.82, 2.24) is 40.3 Å². The second kappa shape index (κ2) is 31.4. The minimum absolute atomic E-state index is 0.0329. The molecule has 3 fully saturated rings. The summed E-state index contributed by atoms with van der Waals surface area (Å²) in [4.78, 5) is 89.2. The molecule has 28 heteroatoms. The third-order valence-corrected chi connectivity index (χ3v) is 14.5. The van der Waals surface area contributed by atoms with E-state index in [1.54, 1.807) is 64.2 Å². The number of amides is 7. The van der Waals surface area contributed by atoms with Crippen molar-refractivity contribution in [2.45, 2.75) is 63.0 Å². The maximum absolute atomic E-state index is 13.5. The van der Waals surface area contributed by atoms with Gasteiger partial charge in [-0.25, -0.2) is 28.5 Å². The number of nitrogens with two attached hydrogens (primary N) is 1. The van der Waals surface area contributed by atoms with Crippen LogP contribution < -0.4 is 46.5 Å². The number of hydrogen-bond acceptors (Lipinski definition) is 14. The zero-order chi connectivity index (χ0) is 62.6. The van der Waals surface area contributed by atoms with Gasteiger partial charge in [0.05, 0.1) is 29.4 Å². The number of nitrogens with zero attached hydrogens (tertiary/aromatic N) is 6. The number of carbonyl (C=O) groups excluding carboxylic acids is 6. The fourth-order valence-corrected chi connectivity index (χ4v) is 9.59. The number of benzene rings is 4. The summed E-state index contributed by atoms with van der Waals surface area (Å²) < 4.78 is 83.4. The van der Waals surface area contributed by atoms with Crippen molar-refractivity contribution in [3.63, 3.8) is 0 Å². The van der Waals surface area contributed by atoms with E-state index < -0.39 is 41.3 Å². The van der Waals surface area contributed by atoms with Crippen LogP contribution in [0.5, 0.6) is 17.2 Å². The largest absolute Gasteiger partial charge is 0.490 e. The predicted molar refractivity (Wildman–Crippen MR) is 314 cm³/mol. The summed E-state index contributed by atoms with van der Waals surface area (Å²) in [6.07, 6.45) is 2.30. The van der Waals surface area contributed by atoms with E-state index in [1.807, 2.05) is 18.2 Å². The van der Waals surface area contributed by atoms with Crippen LogP contribution in [0, 0.1) is 11.6 Å². The van der Waals surface area contributed by atoms with Gasteiger partial charge in [0, 0.05) is 134 Å². The SMILES string of the molecule is CNC(=O)c1cccc(NC(=O)N2CCC(Oc3ccccc3Cl)CC2)c1.CNC(=O)c1nccnc1NCC(=O)N1CCC(Oc2cc(F)cc(F)c2Cl)CC1.NC(=O)c1ncccc1NCC(=O)N1CCC(Oc2ccccc2C(F)(F)F)CC1. The second-order valence-corrected chi connectivity index (χ2v) is 20.5. The summed E-state index contributed by atoms with van der Waals surface area (Å²) in [6.45, 7) is 2.59. The molecule has 6 aromatic rings. The van der Waals surface area contributed by atoms with E-state index in [0.29, 0.717) is 98.7 Å². The van der Waals surface area contributed by atoms with Gasteiger partial charge >= 0.3 is 12.2 Å². The predicted octanol–water partition coefficient (Wildman–Crippen LogP) is 8.71. The molecule has 87 heavy (non-hydrogen) atoms. The van der Waals surface area contributed by atoms with Crippen LogP contribution in [0.25, 0.3) is 0 Å². The maximum Gasteiger partial charge on any atom is 0.419 e.